The van der Waals surface area contributed by atoms with Gasteiger partial charge in [0.2, 0.25) is 5.88 Å². The molecule has 98 valence electrons. The molecule has 0 unspecified atom stereocenters. The molecule has 0 N–H and O–H groups in total. The number of alkyl halides is 3. The van der Waals surface area contributed by atoms with Crippen LogP contribution in [0.1, 0.15) is 25.5 Å². The van der Waals surface area contributed by atoms with E-state index in [2.05, 4.69) is 9.28 Å². The molecule has 1 heterocycles. The summed E-state index contributed by atoms with van der Waals surface area (Å²) in [5.41, 5.74) is -5.00. The fourth-order valence-corrected chi connectivity index (χ4v) is 1.47. The highest BCUT2D eigenvalue weighted by molar-refractivity contribution is 7.87. The molecule has 0 aliphatic rings. The molecule has 0 aromatic carbocycles. The minimum atomic E-state index is -5.65. The zero-order chi connectivity index (χ0) is 13.4. The number of nitrogens with zero attached hydrogens (tertiary/aromatic N) is 2. The molecule has 0 saturated heterocycles. The van der Waals surface area contributed by atoms with E-state index in [0.717, 1.165) is 10.7 Å². The van der Waals surface area contributed by atoms with Gasteiger partial charge < -0.3 is 4.18 Å². The molecule has 0 saturated carbocycles. The third kappa shape index (κ3) is 2.90. The predicted molar refractivity (Wildman–Crippen MR) is 52.9 cm³/mol. The van der Waals surface area contributed by atoms with Crippen molar-refractivity contribution in [1.82, 2.24) is 9.78 Å². The van der Waals surface area contributed by atoms with Gasteiger partial charge in [0.25, 0.3) is 0 Å². The van der Waals surface area contributed by atoms with Gasteiger partial charge in [0.05, 0.1) is 5.69 Å². The van der Waals surface area contributed by atoms with Crippen LogP contribution in [0, 0.1) is 0 Å². The van der Waals surface area contributed by atoms with E-state index in [1.807, 2.05) is 0 Å². The quantitative estimate of drug-likeness (QED) is 0.621. The van der Waals surface area contributed by atoms with Crippen LogP contribution in [0.25, 0.3) is 0 Å². The third-order valence-corrected chi connectivity index (χ3v) is 2.88. The summed E-state index contributed by atoms with van der Waals surface area (Å²) in [4.78, 5) is 0. The average Bonchev–Trinajstić information content (AvgIpc) is 2.45. The lowest BCUT2D eigenvalue weighted by Crippen LogP contribution is -2.28. The second-order valence-electron chi connectivity index (χ2n) is 3.67. The lowest BCUT2D eigenvalue weighted by molar-refractivity contribution is -0.0502. The molecule has 0 fully saturated rings. The van der Waals surface area contributed by atoms with Gasteiger partial charge in [-0.15, -0.1) is 0 Å². The van der Waals surface area contributed by atoms with Gasteiger partial charge in [0.15, 0.2) is 0 Å². The van der Waals surface area contributed by atoms with Gasteiger partial charge >= 0.3 is 15.6 Å². The molecule has 0 bridgehead atoms. The fourth-order valence-electron chi connectivity index (χ4n) is 0.991. The van der Waals surface area contributed by atoms with Crippen molar-refractivity contribution in [3.05, 3.63) is 11.8 Å². The van der Waals surface area contributed by atoms with Crippen LogP contribution >= 0.6 is 0 Å². The summed E-state index contributed by atoms with van der Waals surface area (Å²) in [6, 6.07) is 1.16. The monoisotopic (exact) mass is 272 g/mol. The molecule has 0 aliphatic heterocycles. The van der Waals surface area contributed by atoms with E-state index in [-0.39, 0.29) is 5.92 Å². The van der Waals surface area contributed by atoms with E-state index in [9.17, 15) is 21.6 Å². The van der Waals surface area contributed by atoms with E-state index in [4.69, 9.17) is 0 Å². The number of aromatic nitrogens is 2. The van der Waals surface area contributed by atoms with Gasteiger partial charge in [-0.2, -0.15) is 26.7 Å². The van der Waals surface area contributed by atoms with Crippen LogP contribution in [0.2, 0.25) is 0 Å². The maximum atomic E-state index is 12.1. The van der Waals surface area contributed by atoms with Crippen molar-refractivity contribution in [2.24, 2.45) is 7.05 Å². The molecule has 5 nitrogen and oxygen atoms in total. The molecule has 9 heteroatoms. The first-order valence-electron chi connectivity index (χ1n) is 4.59. The van der Waals surface area contributed by atoms with E-state index < -0.39 is 21.5 Å². The van der Waals surface area contributed by atoms with Crippen LogP contribution in [0.15, 0.2) is 6.07 Å². The second-order valence-corrected chi connectivity index (χ2v) is 5.21. The van der Waals surface area contributed by atoms with Gasteiger partial charge in [-0.25, -0.2) is 4.68 Å². The van der Waals surface area contributed by atoms with Crippen molar-refractivity contribution in [2.45, 2.75) is 25.3 Å². The molecule has 1 aromatic rings. The molecule has 0 spiro atoms. The minimum absolute atomic E-state index is 0.0489. The number of hydrogen-bond acceptors (Lipinski definition) is 4. The van der Waals surface area contributed by atoms with Crippen LogP contribution in [0.3, 0.4) is 0 Å². The summed E-state index contributed by atoms with van der Waals surface area (Å²) in [7, 11) is -4.35. The molecule has 17 heavy (non-hydrogen) atoms. The number of aryl methyl sites for hydroxylation is 1. The highest BCUT2D eigenvalue weighted by atomic mass is 32.2. The molecular weight excluding hydrogens is 261 g/mol. The Hall–Kier alpha value is -1.25. The van der Waals surface area contributed by atoms with Gasteiger partial charge in [0.1, 0.15) is 0 Å². The van der Waals surface area contributed by atoms with Crippen molar-refractivity contribution in [3.8, 4) is 5.88 Å². The summed E-state index contributed by atoms with van der Waals surface area (Å²) in [6.45, 7) is 3.54. The Morgan fingerprint density at radius 2 is 1.94 bits per heavy atom. The largest absolute Gasteiger partial charge is 0.534 e. The lowest BCUT2D eigenvalue weighted by atomic mass is 10.1. The zero-order valence-electron chi connectivity index (χ0n) is 9.32. The first-order valence-corrected chi connectivity index (χ1v) is 6.00. The molecular formula is C8H11F3N2O3S. The van der Waals surface area contributed by atoms with Crippen molar-refractivity contribution in [3.63, 3.8) is 0 Å². The molecule has 0 radical (unpaired) electrons. The van der Waals surface area contributed by atoms with E-state index in [1.54, 1.807) is 13.8 Å². The average molecular weight is 272 g/mol. The van der Waals surface area contributed by atoms with Gasteiger partial charge in [-0.1, -0.05) is 13.8 Å². The van der Waals surface area contributed by atoms with Crippen molar-refractivity contribution in [2.75, 3.05) is 0 Å². The smallest absolute Gasteiger partial charge is 0.356 e. The van der Waals surface area contributed by atoms with Gasteiger partial charge in [0, 0.05) is 13.1 Å². The van der Waals surface area contributed by atoms with Gasteiger partial charge in [-0.05, 0) is 5.92 Å². The summed E-state index contributed by atoms with van der Waals surface area (Å²) >= 11 is 0. The van der Waals surface area contributed by atoms with Crippen molar-refractivity contribution >= 4 is 10.1 Å². The number of hydrogen-bond donors (Lipinski definition) is 0. The summed E-state index contributed by atoms with van der Waals surface area (Å²) in [5, 5.41) is 3.84. The Morgan fingerprint density at radius 1 is 1.41 bits per heavy atom. The second kappa shape index (κ2) is 4.21. The van der Waals surface area contributed by atoms with Crippen LogP contribution in [-0.2, 0) is 17.2 Å². The van der Waals surface area contributed by atoms with E-state index in [0.29, 0.717) is 5.69 Å². The first kappa shape index (κ1) is 13.8. The maximum absolute atomic E-state index is 12.1. The topological polar surface area (TPSA) is 61.2 Å². The molecule has 0 aliphatic carbocycles. The summed E-state index contributed by atoms with van der Waals surface area (Å²) in [6.07, 6.45) is 0. The van der Waals surface area contributed by atoms with Crippen LogP contribution in [0.5, 0.6) is 5.88 Å². The molecule has 0 amide bonds. The van der Waals surface area contributed by atoms with E-state index in [1.165, 1.54) is 7.05 Å². The highest BCUT2D eigenvalue weighted by Gasteiger charge is 2.49. The predicted octanol–water partition coefficient (Wildman–Crippen LogP) is 1.77. The standard InChI is InChI=1S/C8H11F3N2O3S/c1-5(2)6-4-7(13(3)12-6)16-17(14,15)8(9,10)11/h4-5H,1-3H3. The third-order valence-electron chi connectivity index (χ3n) is 1.93. The Morgan fingerprint density at radius 3 is 2.29 bits per heavy atom. The Kier molecular flexibility index (Phi) is 3.42. The SMILES string of the molecule is CC(C)c1cc(OS(=O)(=O)C(F)(F)F)n(C)n1. The van der Waals surface area contributed by atoms with Crippen LogP contribution in [-0.4, -0.2) is 23.7 Å². The summed E-state index contributed by atoms with van der Waals surface area (Å²) in [5.74, 6) is -0.516. The first-order chi connectivity index (χ1) is 7.54. The molecule has 1 aromatic heterocycles. The minimum Gasteiger partial charge on any atom is -0.356 e. The van der Waals surface area contributed by atoms with Crippen molar-refractivity contribution < 1.29 is 25.8 Å². The van der Waals surface area contributed by atoms with E-state index >= 15 is 0 Å². The number of halogens is 3. The normalized spacial score (nSPS) is 13.1. The van der Waals surface area contributed by atoms with Gasteiger partial charge in [-0.3, -0.25) is 0 Å². The zero-order valence-corrected chi connectivity index (χ0v) is 10.1. The Labute approximate surface area is 96.3 Å². The molecule has 0 atom stereocenters. The Balaban J connectivity index is 3.05. The van der Waals surface area contributed by atoms with Crippen LogP contribution in [0.4, 0.5) is 13.2 Å². The maximum Gasteiger partial charge on any atom is 0.534 e. The lowest BCUT2D eigenvalue weighted by Gasteiger charge is -2.08. The van der Waals surface area contributed by atoms with Crippen molar-refractivity contribution in [1.29, 1.82) is 0 Å². The molecule has 1 rings (SSSR count). The number of rotatable bonds is 3. The Bertz CT molecular complexity index is 505. The highest BCUT2D eigenvalue weighted by Crippen LogP contribution is 2.28. The van der Waals surface area contributed by atoms with Crippen LogP contribution < -0.4 is 4.18 Å². The summed E-state index contributed by atoms with van der Waals surface area (Å²) < 4.78 is 62.7. The fraction of sp³-hybridized carbons (Fsp3) is 0.625.